The van der Waals surface area contributed by atoms with Crippen LogP contribution in [0, 0.1) is 33.9 Å². The van der Waals surface area contributed by atoms with Crippen LogP contribution in [0.1, 0.15) is 12.8 Å². The van der Waals surface area contributed by atoms with Crippen molar-refractivity contribution in [3.05, 3.63) is 30.1 Å². The Morgan fingerprint density at radius 2 is 1.71 bits per heavy atom. The quantitative estimate of drug-likeness (QED) is 0.743. The Labute approximate surface area is 99.7 Å². The Kier molecular flexibility index (Phi) is 2.97. The highest BCUT2D eigenvalue weighted by atomic mass is 19.1. The molecule has 4 heteroatoms. The minimum atomic E-state index is -0.887. The van der Waals surface area contributed by atoms with Crippen LogP contribution in [-0.2, 0) is 0 Å². The zero-order valence-electron chi connectivity index (χ0n) is 9.36. The molecule has 0 saturated carbocycles. The second-order valence-corrected chi connectivity index (χ2v) is 4.24. The van der Waals surface area contributed by atoms with E-state index in [1.807, 2.05) is 4.90 Å². The third-order valence-electron chi connectivity index (χ3n) is 3.24. The molecule has 0 aliphatic carbocycles. The molecule has 1 fully saturated rings. The van der Waals surface area contributed by atoms with E-state index < -0.39 is 5.41 Å². The molecule has 1 saturated heterocycles. The standard InChI is InChI=1S/C13H12FN3/c14-11-3-1-2-4-12(11)17-7-5-13(9-15,10-16)6-8-17/h1-4H,5-8H2. The van der Waals surface area contributed by atoms with Gasteiger partial charge in [-0.3, -0.25) is 0 Å². The molecule has 1 aromatic carbocycles. The van der Waals surface area contributed by atoms with E-state index >= 15 is 0 Å². The maximum Gasteiger partial charge on any atom is 0.147 e. The maximum atomic E-state index is 13.6. The van der Waals surface area contributed by atoms with Crippen molar-refractivity contribution < 1.29 is 4.39 Å². The number of hydrogen-bond acceptors (Lipinski definition) is 3. The molecule has 3 nitrogen and oxygen atoms in total. The topological polar surface area (TPSA) is 50.8 Å². The Balaban J connectivity index is 2.14. The van der Waals surface area contributed by atoms with E-state index in [2.05, 4.69) is 12.1 Å². The van der Waals surface area contributed by atoms with Crippen molar-refractivity contribution in [2.24, 2.45) is 5.41 Å². The summed E-state index contributed by atoms with van der Waals surface area (Å²) < 4.78 is 13.6. The zero-order valence-corrected chi connectivity index (χ0v) is 9.36. The lowest BCUT2D eigenvalue weighted by molar-refractivity contribution is 0.391. The number of benzene rings is 1. The van der Waals surface area contributed by atoms with E-state index in [0.717, 1.165) is 0 Å². The van der Waals surface area contributed by atoms with Crippen molar-refractivity contribution in [1.82, 2.24) is 0 Å². The molecule has 0 unspecified atom stereocenters. The third-order valence-corrected chi connectivity index (χ3v) is 3.24. The molecule has 0 N–H and O–H groups in total. The number of rotatable bonds is 1. The molecular formula is C13H12FN3. The highest BCUT2D eigenvalue weighted by Gasteiger charge is 2.35. The van der Waals surface area contributed by atoms with Gasteiger partial charge in [-0.15, -0.1) is 0 Å². The first-order valence-electron chi connectivity index (χ1n) is 5.53. The second kappa shape index (κ2) is 4.43. The van der Waals surface area contributed by atoms with E-state index in [9.17, 15) is 4.39 Å². The summed E-state index contributed by atoms with van der Waals surface area (Å²) in [7, 11) is 0. The predicted octanol–water partition coefficient (Wildman–Crippen LogP) is 2.46. The minimum Gasteiger partial charge on any atom is -0.369 e. The highest BCUT2D eigenvalue weighted by molar-refractivity contribution is 5.48. The van der Waals surface area contributed by atoms with Gasteiger partial charge in [-0.05, 0) is 25.0 Å². The lowest BCUT2D eigenvalue weighted by Gasteiger charge is -2.34. The molecule has 0 spiro atoms. The minimum absolute atomic E-state index is 0.256. The van der Waals surface area contributed by atoms with Gasteiger partial charge in [-0.2, -0.15) is 10.5 Å². The van der Waals surface area contributed by atoms with Gasteiger partial charge in [0.15, 0.2) is 0 Å². The third kappa shape index (κ3) is 2.07. The van der Waals surface area contributed by atoms with Crippen LogP contribution in [0.2, 0.25) is 0 Å². The number of nitrogens with zero attached hydrogens (tertiary/aromatic N) is 3. The van der Waals surface area contributed by atoms with Crippen LogP contribution in [0.25, 0.3) is 0 Å². The second-order valence-electron chi connectivity index (χ2n) is 4.24. The Morgan fingerprint density at radius 1 is 1.12 bits per heavy atom. The van der Waals surface area contributed by atoms with Crippen molar-refractivity contribution in [2.45, 2.75) is 12.8 Å². The van der Waals surface area contributed by atoms with E-state index in [-0.39, 0.29) is 5.82 Å². The first-order valence-corrected chi connectivity index (χ1v) is 5.53. The van der Waals surface area contributed by atoms with Crippen molar-refractivity contribution in [3.63, 3.8) is 0 Å². The summed E-state index contributed by atoms with van der Waals surface area (Å²) in [6, 6.07) is 10.7. The number of nitriles is 2. The highest BCUT2D eigenvalue weighted by Crippen LogP contribution is 2.32. The van der Waals surface area contributed by atoms with Crippen molar-refractivity contribution in [3.8, 4) is 12.1 Å². The van der Waals surface area contributed by atoms with Crippen LogP contribution in [0.3, 0.4) is 0 Å². The molecular weight excluding hydrogens is 217 g/mol. The number of halogens is 1. The monoisotopic (exact) mass is 229 g/mol. The molecule has 0 radical (unpaired) electrons. The van der Waals surface area contributed by atoms with Crippen LogP contribution >= 0.6 is 0 Å². The Morgan fingerprint density at radius 3 is 2.24 bits per heavy atom. The molecule has 1 aliphatic heterocycles. The van der Waals surface area contributed by atoms with Crippen LogP contribution in [-0.4, -0.2) is 13.1 Å². The van der Waals surface area contributed by atoms with Gasteiger partial charge in [0.05, 0.1) is 17.8 Å². The van der Waals surface area contributed by atoms with E-state index in [1.165, 1.54) is 6.07 Å². The van der Waals surface area contributed by atoms with Gasteiger partial charge in [-0.1, -0.05) is 12.1 Å². The summed E-state index contributed by atoms with van der Waals surface area (Å²) in [6.07, 6.45) is 0.933. The summed E-state index contributed by atoms with van der Waals surface area (Å²) in [5.41, 5.74) is -0.334. The SMILES string of the molecule is N#CC1(C#N)CCN(c2ccccc2F)CC1. The van der Waals surface area contributed by atoms with E-state index in [4.69, 9.17) is 10.5 Å². The normalized spacial score (nSPS) is 18.2. The van der Waals surface area contributed by atoms with Crippen molar-refractivity contribution in [1.29, 1.82) is 10.5 Å². The molecule has 0 aromatic heterocycles. The number of anilines is 1. The molecule has 0 atom stereocenters. The predicted molar refractivity (Wildman–Crippen MR) is 61.5 cm³/mol. The smallest absolute Gasteiger partial charge is 0.147 e. The fourth-order valence-electron chi connectivity index (χ4n) is 2.09. The average molecular weight is 229 g/mol. The van der Waals surface area contributed by atoms with Gasteiger partial charge in [0, 0.05) is 13.1 Å². The summed E-state index contributed by atoms with van der Waals surface area (Å²) >= 11 is 0. The summed E-state index contributed by atoms with van der Waals surface area (Å²) in [5.74, 6) is -0.256. The fourth-order valence-corrected chi connectivity index (χ4v) is 2.09. The van der Waals surface area contributed by atoms with Crippen LogP contribution in [0.4, 0.5) is 10.1 Å². The molecule has 0 bridgehead atoms. The number of para-hydroxylation sites is 1. The first-order chi connectivity index (χ1) is 8.21. The van der Waals surface area contributed by atoms with Gasteiger partial charge < -0.3 is 4.90 Å². The van der Waals surface area contributed by atoms with Crippen LogP contribution in [0.5, 0.6) is 0 Å². The van der Waals surface area contributed by atoms with Crippen LogP contribution in [0.15, 0.2) is 24.3 Å². The van der Waals surface area contributed by atoms with Crippen LogP contribution < -0.4 is 4.90 Å². The van der Waals surface area contributed by atoms with Gasteiger partial charge in [0.25, 0.3) is 0 Å². The lowest BCUT2D eigenvalue weighted by Crippen LogP contribution is -2.39. The van der Waals surface area contributed by atoms with E-state index in [1.54, 1.807) is 18.2 Å². The van der Waals surface area contributed by atoms with Gasteiger partial charge in [0.1, 0.15) is 11.2 Å². The fraction of sp³-hybridized carbons (Fsp3) is 0.385. The number of hydrogen-bond donors (Lipinski definition) is 0. The Hall–Kier alpha value is -2.07. The van der Waals surface area contributed by atoms with Gasteiger partial charge in [-0.25, -0.2) is 4.39 Å². The summed E-state index contributed by atoms with van der Waals surface area (Å²) in [4.78, 5) is 1.89. The number of piperidine rings is 1. The largest absolute Gasteiger partial charge is 0.369 e. The van der Waals surface area contributed by atoms with Gasteiger partial charge in [0.2, 0.25) is 0 Å². The van der Waals surface area contributed by atoms with Crippen molar-refractivity contribution in [2.75, 3.05) is 18.0 Å². The summed E-state index contributed by atoms with van der Waals surface area (Å²) in [6.45, 7) is 1.09. The molecule has 17 heavy (non-hydrogen) atoms. The van der Waals surface area contributed by atoms with Crippen molar-refractivity contribution >= 4 is 5.69 Å². The molecule has 1 aromatic rings. The first kappa shape index (κ1) is 11.4. The average Bonchev–Trinajstić information content (AvgIpc) is 2.40. The lowest BCUT2D eigenvalue weighted by atomic mass is 9.81. The molecule has 2 rings (SSSR count). The molecule has 0 amide bonds. The zero-order chi connectivity index (χ0) is 12.3. The summed E-state index contributed by atoms with van der Waals surface area (Å²) in [5, 5.41) is 18.0. The maximum absolute atomic E-state index is 13.6. The molecule has 1 heterocycles. The molecule has 1 aliphatic rings. The Bertz CT molecular complexity index is 474. The van der Waals surface area contributed by atoms with Gasteiger partial charge >= 0.3 is 0 Å². The molecule has 86 valence electrons. The van der Waals surface area contributed by atoms with E-state index in [0.29, 0.717) is 31.6 Å².